The predicted molar refractivity (Wildman–Crippen MR) is 98.3 cm³/mol. The summed E-state index contributed by atoms with van der Waals surface area (Å²) in [6.07, 6.45) is 4.34. The Bertz CT molecular complexity index is 733. The summed E-state index contributed by atoms with van der Waals surface area (Å²) >= 11 is 0. The van der Waals surface area contributed by atoms with Crippen LogP contribution in [0.15, 0.2) is 48.7 Å². The van der Waals surface area contributed by atoms with E-state index in [1.807, 2.05) is 30.5 Å². The van der Waals surface area contributed by atoms with Gasteiger partial charge in [0.1, 0.15) is 5.82 Å². The van der Waals surface area contributed by atoms with Gasteiger partial charge in [-0.3, -0.25) is 4.79 Å². The Morgan fingerprint density at radius 3 is 2.16 bits per heavy atom. The number of aromatic nitrogens is 1. The second kappa shape index (κ2) is 6.39. The average molecular weight is 337 g/mol. The molecule has 4 rings (SSSR count). The van der Waals surface area contributed by atoms with Crippen molar-refractivity contribution in [2.45, 2.75) is 24.7 Å². The molecule has 0 amide bonds. The molecule has 1 aromatic carbocycles. The fourth-order valence-corrected chi connectivity index (χ4v) is 3.88. The van der Waals surface area contributed by atoms with Crippen molar-refractivity contribution in [3.05, 3.63) is 54.2 Å². The first-order chi connectivity index (χ1) is 12.2. The monoisotopic (exact) mass is 337 g/mol. The van der Waals surface area contributed by atoms with Gasteiger partial charge in [-0.15, -0.1) is 0 Å². The summed E-state index contributed by atoms with van der Waals surface area (Å²) in [5.74, 6) is 0.348. The summed E-state index contributed by atoms with van der Waals surface area (Å²) in [4.78, 5) is 20.7. The van der Waals surface area contributed by atoms with Crippen LogP contribution in [0.3, 0.4) is 0 Å². The minimum Gasteiger partial charge on any atom is -0.481 e. The summed E-state index contributed by atoms with van der Waals surface area (Å²) in [6.45, 7) is 3.77. The van der Waals surface area contributed by atoms with Gasteiger partial charge in [0.05, 0.1) is 5.41 Å². The van der Waals surface area contributed by atoms with Crippen LogP contribution in [-0.4, -0.2) is 42.2 Å². The van der Waals surface area contributed by atoms with Crippen molar-refractivity contribution in [2.24, 2.45) is 0 Å². The van der Waals surface area contributed by atoms with Crippen LogP contribution in [0, 0.1) is 0 Å². The number of hydrogen-bond acceptors (Lipinski definition) is 4. The molecule has 1 aromatic heterocycles. The highest BCUT2D eigenvalue weighted by atomic mass is 16.4. The average Bonchev–Trinajstić information content (AvgIpc) is 2.62. The van der Waals surface area contributed by atoms with Crippen LogP contribution in [0.4, 0.5) is 11.5 Å². The second-order valence-corrected chi connectivity index (χ2v) is 6.95. The van der Waals surface area contributed by atoms with E-state index in [-0.39, 0.29) is 0 Å². The van der Waals surface area contributed by atoms with Crippen molar-refractivity contribution < 1.29 is 9.90 Å². The highest BCUT2D eigenvalue weighted by Gasteiger charge is 2.45. The van der Waals surface area contributed by atoms with E-state index in [2.05, 4.69) is 33.0 Å². The maximum absolute atomic E-state index is 11.6. The number of anilines is 2. The Morgan fingerprint density at radius 2 is 1.64 bits per heavy atom. The number of pyridine rings is 1. The lowest BCUT2D eigenvalue weighted by Crippen LogP contribution is -2.47. The zero-order chi connectivity index (χ0) is 17.3. The third kappa shape index (κ3) is 2.84. The summed E-state index contributed by atoms with van der Waals surface area (Å²) in [7, 11) is 0. The SMILES string of the molecule is O=C(O)C1(c2ccc(N3CCN(c4ccccn4)CC3)cc2)CCC1. The third-order valence-electron chi connectivity index (χ3n) is 5.65. The van der Waals surface area contributed by atoms with Gasteiger partial charge in [0, 0.05) is 38.1 Å². The van der Waals surface area contributed by atoms with Crippen molar-refractivity contribution >= 4 is 17.5 Å². The largest absolute Gasteiger partial charge is 0.481 e. The lowest BCUT2D eigenvalue weighted by atomic mass is 9.64. The first kappa shape index (κ1) is 15.9. The lowest BCUT2D eigenvalue weighted by molar-refractivity contribution is -0.147. The smallest absolute Gasteiger partial charge is 0.314 e. The number of carboxylic acid groups (broad SMARTS) is 1. The molecule has 0 radical (unpaired) electrons. The van der Waals surface area contributed by atoms with Crippen LogP contribution < -0.4 is 9.80 Å². The van der Waals surface area contributed by atoms with Gasteiger partial charge in [-0.2, -0.15) is 0 Å². The predicted octanol–water partition coefficient (Wildman–Crippen LogP) is 2.91. The van der Waals surface area contributed by atoms with Gasteiger partial charge < -0.3 is 14.9 Å². The van der Waals surface area contributed by atoms with Crippen LogP contribution in [0.2, 0.25) is 0 Å². The van der Waals surface area contributed by atoms with Crippen molar-refractivity contribution in [3.8, 4) is 0 Å². The number of rotatable bonds is 4. The number of nitrogens with zero attached hydrogens (tertiary/aromatic N) is 3. The van der Waals surface area contributed by atoms with Gasteiger partial charge in [-0.25, -0.2) is 4.98 Å². The van der Waals surface area contributed by atoms with Gasteiger partial charge in [0.2, 0.25) is 0 Å². The van der Waals surface area contributed by atoms with Crippen LogP contribution in [-0.2, 0) is 10.2 Å². The molecule has 0 spiro atoms. The Morgan fingerprint density at radius 1 is 0.960 bits per heavy atom. The van der Waals surface area contributed by atoms with E-state index in [0.29, 0.717) is 0 Å². The fraction of sp³-hybridized carbons (Fsp3) is 0.400. The number of carboxylic acids is 1. The number of piperazine rings is 1. The maximum atomic E-state index is 11.6. The Kier molecular flexibility index (Phi) is 4.07. The standard InChI is InChI=1S/C20H23N3O2/c24-19(25)20(9-3-10-20)16-5-7-17(8-6-16)22-12-14-23(15-13-22)18-4-1-2-11-21-18/h1-2,4-8,11H,3,9-10,12-15H2,(H,24,25). The molecule has 2 aliphatic rings. The number of hydrogen-bond donors (Lipinski definition) is 1. The van der Waals surface area contributed by atoms with Crippen molar-refractivity contribution in [3.63, 3.8) is 0 Å². The molecule has 5 nitrogen and oxygen atoms in total. The number of aliphatic carboxylic acids is 1. The molecular formula is C20H23N3O2. The summed E-state index contributed by atoms with van der Waals surface area (Å²) < 4.78 is 0. The van der Waals surface area contributed by atoms with Gasteiger partial charge in [0.25, 0.3) is 0 Å². The van der Waals surface area contributed by atoms with E-state index >= 15 is 0 Å². The number of benzene rings is 1. The Hall–Kier alpha value is -2.56. The first-order valence-electron chi connectivity index (χ1n) is 8.94. The summed E-state index contributed by atoms with van der Waals surface area (Å²) in [5.41, 5.74) is 1.47. The second-order valence-electron chi connectivity index (χ2n) is 6.95. The lowest BCUT2D eigenvalue weighted by Gasteiger charge is -2.39. The highest BCUT2D eigenvalue weighted by Crippen LogP contribution is 2.44. The quantitative estimate of drug-likeness (QED) is 0.930. The van der Waals surface area contributed by atoms with E-state index in [0.717, 1.165) is 56.8 Å². The zero-order valence-electron chi connectivity index (χ0n) is 14.3. The molecule has 0 bridgehead atoms. The molecule has 2 fully saturated rings. The molecule has 1 saturated heterocycles. The molecule has 130 valence electrons. The third-order valence-corrected chi connectivity index (χ3v) is 5.65. The van der Waals surface area contributed by atoms with E-state index in [1.165, 1.54) is 5.69 Å². The molecule has 2 heterocycles. The van der Waals surface area contributed by atoms with Crippen LogP contribution in [0.5, 0.6) is 0 Å². The highest BCUT2D eigenvalue weighted by molar-refractivity contribution is 5.82. The van der Waals surface area contributed by atoms with Gasteiger partial charge in [0.15, 0.2) is 0 Å². The molecule has 2 aromatic rings. The minimum atomic E-state index is -0.685. The molecule has 1 aliphatic heterocycles. The van der Waals surface area contributed by atoms with E-state index < -0.39 is 11.4 Å². The van der Waals surface area contributed by atoms with Crippen LogP contribution in [0.25, 0.3) is 0 Å². The molecule has 25 heavy (non-hydrogen) atoms. The van der Waals surface area contributed by atoms with E-state index in [1.54, 1.807) is 0 Å². The normalized spacial score (nSPS) is 19.4. The van der Waals surface area contributed by atoms with Gasteiger partial charge in [-0.1, -0.05) is 24.6 Å². The number of carbonyl (C=O) groups is 1. The van der Waals surface area contributed by atoms with Crippen molar-refractivity contribution in [1.82, 2.24) is 4.98 Å². The summed E-state index contributed by atoms with van der Waals surface area (Å²) in [5, 5.41) is 9.57. The molecule has 1 aliphatic carbocycles. The fourth-order valence-electron chi connectivity index (χ4n) is 3.88. The van der Waals surface area contributed by atoms with E-state index in [4.69, 9.17) is 0 Å². The maximum Gasteiger partial charge on any atom is 0.314 e. The van der Waals surface area contributed by atoms with Crippen molar-refractivity contribution in [2.75, 3.05) is 36.0 Å². The van der Waals surface area contributed by atoms with E-state index in [9.17, 15) is 9.90 Å². The Labute approximate surface area is 147 Å². The zero-order valence-corrected chi connectivity index (χ0v) is 14.3. The molecule has 5 heteroatoms. The van der Waals surface area contributed by atoms with Gasteiger partial charge >= 0.3 is 5.97 Å². The molecule has 1 N–H and O–H groups in total. The molecular weight excluding hydrogens is 314 g/mol. The summed E-state index contributed by atoms with van der Waals surface area (Å²) in [6, 6.07) is 14.2. The Balaban J connectivity index is 1.43. The molecule has 0 unspecified atom stereocenters. The minimum absolute atomic E-state index is 0.643. The van der Waals surface area contributed by atoms with Crippen LogP contribution >= 0.6 is 0 Å². The van der Waals surface area contributed by atoms with Gasteiger partial charge in [-0.05, 0) is 42.7 Å². The molecule has 1 saturated carbocycles. The molecule has 0 atom stereocenters. The van der Waals surface area contributed by atoms with Crippen molar-refractivity contribution in [1.29, 1.82) is 0 Å². The van der Waals surface area contributed by atoms with Crippen LogP contribution in [0.1, 0.15) is 24.8 Å². The topological polar surface area (TPSA) is 56.7 Å². The first-order valence-corrected chi connectivity index (χ1v) is 8.94.